The number of hydrogen-bond donors (Lipinski definition) is 1. The maximum Gasteiger partial charge on any atom is 0.313 e. The fraction of sp³-hybridized carbons (Fsp3) is 0.455. The SMILES string of the molecule is COc1cc(C(C)(C)C(=O)O)c(OC)cn1. The van der Waals surface area contributed by atoms with Gasteiger partial charge in [0.15, 0.2) is 0 Å². The van der Waals surface area contributed by atoms with Crippen LogP contribution in [0.4, 0.5) is 0 Å². The Hall–Kier alpha value is -1.78. The lowest BCUT2D eigenvalue weighted by Gasteiger charge is -2.22. The van der Waals surface area contributed by atoms with E-state index in [1.165, 1.54) is 20.4 Å². The van der Waals surface area contributed by atoms with E-state index in [2.05, 4.69) is 4.98 Å². The number of rotatable bonds is 4. The summed E-state index contributed by atoms with van der Waals surface area (Å²) < 4.78 is 10.1. The molecule has 0 unspecified atom stereocenters. The van der Waals surface area contributed by atoms with Crippen LogP contribution in [0.25, 0.3) is 0 Å². The summed E-state index contributed by atoms with van der Waals surface area (Å²) in [7, 11) is 2.96. The van der Waals surface area contributed by atoms with Gasteiger partial charge in [-0.1, -0.05) is 0 Å². The molecule has 1 heterocycles. The summed E-state index contributed by atoms with van der Waals surface area (Å²) in [5.41, 5.74) is -0.518. The lowest BCUT2D eigenvalue weighted by Crippen LogP contribution is -2.29. The van der Waals surface area contributed by atoms with Crippen LogP contribution in [0.1, 0.15) is 19.4 Å². The van der Waals surface area contributed by atoms with E-state index in [0.717, 1.165) is 0 Å². The molecule has 1 aromatic rings. The van der Waals surface area contributed by atoms with Crippen LogP contribution in [0.5, 0.6) is 11.6 Å². The van der Waals surface area contributed by atoms with Gasteiger partial charge in [-0.3, -0.25) is 4.79 Å². The van der Waals surface area contributed by atoms with E-state index in [-0.39, 0.29) is 0 Å². The Morgan fingerprint density at radius 2 is 2.00 bits per heavy atom. The van der Waals surface area contributed by atoms with E-state index >= 15 is 0 Å². The van der Waals surface area contributed by atoms with E-state index in [1.807, 2.05) is 0 Å². The lowest BCUT2D eigenvalue weighted by molar-refractivity contribution is -0.142. The lowest BCUT2D eigenvalue weighted by atomic mass is 9.85. The summed E-state index contributed by atoms with van der Waals surface area (Å²) in [6, 6.07) is 1.58. The third-order valence-corrected chi connectivity index (χ3v) is 2.48. The molecule has 1 rings (SSSR count). The van der Waals surface area contributed by atoms with Crippen molar-refractivity contribution in [3.63, 3.8) is 0 Å². The Morgan fingerprint density at radius 3 is 2.44 bits per heavy atom. The van der Waals surface area contributed by atoms with Crippen LogP contribution in [0, 0.1) is 0 Å². The Labute approximate surface area is 94.0 Å². The molecule has 0 spiro atoms. The van der Waals surface area contributed by atoms with Crippen molar-refractivity contribution < 1.29 is 19.4 Å². The average molecular weight is 225 g/mol. The predicted molar refractivity (Wildman–Crippen MR) is 58.0 cm³/mol. The predicted octanol–water partition coefficient (Wildman–Crippen LogP) is 1.46. The second-order valence-corrected chi connectivity index (χ2v) is 3.86. The molecule has 0 aromatic carbocycles. The Morgan fingerprint density at radius 1 is 1.38 bits per heavy atom. The number of aliphatic carboxylic acids is 1. The molecule has 5 heteroatoms. The maximum atomic E-state index is 11.2. The van der Waals surface area contributed by atoms with Crippen LogP contribution in [0.15, 0.2) is 12.3 Å². The molecule has 5 nitrogen and oxygen atoms in total. The largest absolute Gasteiger partial charge is 0.495 e. The smallest absolute Gasteiger partial charge is 0.313 e. The van der Waals surface area contributed by atoms with Crippen LogP contribution in [-0.4, -0.2) is 30.3 Å². The highest BCUT2D eigenvalue weighted by molar-refractivity contribution is 5.81. The second kappa shape index (κ2) is 4.38. The van der Waals surface area contributed by atoms with Crippen molar-refractivity contribution in [2.24, 2.45) is 0 Å². The fourth-order valence-electron chi connectivity index (χ4n) is 1.30. The van der Waals surface area contributed by atoms with Gasteiger partial charge < -0.3 is 14.6 Å². The van der Waals surface area contributed by atoms with Gasteiger partial charge in [0.2, 0.25) is 5.88 Å². The van der Waals surface area contributed by atoms with Crippen molar-refractivity contribution in [1.29, 1.82) is 0 Å². The van der Waals surface area contributed by atoms with E-state index in [1.54, 1.807) is 19.9 Å². The quantitative estimate of drug-likeness (QED) is 0.840. The van der Waals surface area contributed by atoms with Crippen LogP contribution < -0.4 is 9.47 Å². The van der Waals surface area contributed by atoms with Gasteiger partial charge in [0.05, 0.1) is 25.8 Å². The number of nitrogens with zero attached hydrogens (tertiary/aromatic N) is 1. The van der Waals surface area contributed by atoms with Gasteiger partial charge in [-0.15, -0.1) is 0 Å². The number of methoxy groups -OCH3 is 2. The maximum absolute atomic E-state index is 11.2. The summed E-state index contributed by atoms with van der Waals surface area (Å²) in [6.07, 6.45) is 1.46. The second-order valence-electron chi connectivity index (χ2n) is 3.86. The fourth-order valence-corrected chi connectivity index (χ4v) is 1.30. The van der Waals surface area contributed by atoms with E-state index in [4.69, 9.17) is 14.6 Å². The number of aromatic nitrogens is 1. The third kappa shape index (κ3) is 2.08. The molecule has 0 radical (unpaired) electrons. The van der Waals surface area contributed by atoms with Crippen LogP contribution in [-0.2, 0) is 10.2 Å². The van der Waals surface area contributed by atoms with Crippen molar-refractivity contribution >= 4 is 5.97 Å². The molecule has 1 N–H and O–H groups in total. The first-order valence-electron chi connectivity index (χ1n) is 4.75. The molecule has 0 amide bonds. The average Bonchev–Trinajstić information content (AvgIpc) is 2.27. The Bertz CT molecular complexity index is 401. The van der Waals surface area contributed by atoms with Crippen molar-refractivity contribution in [2.75, 3.05) is 14.2 Å². The number of carboxylic acid groups (broad SMARTS) is 1. The van der Waals surface area contributed by atoms with Crippen molar-refractivity contribution in [3.05, 3.63) is 17.8 Å². The zero-order valence-electron chi connectivity index (χ0n) is 9.77. The number of carbonyl (C=O) groups is 1. The van der Waals surface area contributed by atoms with E-state index in [0.29, 0.717) is 17.2 Å². The highest BCUT2D eigenvalue weighted by Crippen LogP contribution is 2.33. The molecule has 0 aliphatic carbocycles. The molecular formula is C11H15NO4. The van der Waals surface area contributed by atoms with Gasteiger partial charge in [-0.25, -0.2) is 4.98 Å². The Kier molecular flexibility index (Phi) is 3.37. The van der Waals surface area contributed by atoms with E-state index in [9.17, 15) is 4.79 Å². The van der Waals surface area contributed by atoms with Crippen LogP contribution in [0.2, 0.25) is 0 Å². The van der Waals surface area contributed by atoms with Crippen LogP contribution in [0.3, 0.4) is 0 Å². The van der Waals surface area contributed by atoms with Gasteiger partial charge in [-0.05, 0) is 13.8 Å². The minimum absolute atomic E-state index is 0.366. The highest BCUT2D eigenvalue weighted by Gasteiger charge is 2.33. The summed E-state index contributed by atoms with van der Waals surface area (Å²) in [4.78, 5) is 15.1. The topological polar surface area (TPSA) is 68.7 Å². The summed E-state index contributed by atoms with van der Waals surface area (Å²) in [5, 5.41) is 9.16. The monoisotopic (exact) mass is 225 g/mol. The number of carboxylic acids is 1. The van der Waals surface area contributed by atoms with Crippen LogP contribution >= 0.6 is 0 Å². The molecule has 16 heavy (non-hydrogen) atoms. The normalized spacial score (nSPS) is 11.0. The molecule has 88 valence electrons. The van der Waals surface area contributed by atoms with Crippen molar-refractivity contribution in [1.82, 2.24) is 4.98 Å². The summed E-state index contributed by atoms with van der Waals surface area (Å²) >= 11 is 0. The molecule has 0 bridgehead atoms. The van der Waals surface area contributed by atoms with Gasteiger partial charge >= 0.3 is 5.97 Å². The first-order chi connectivity index (χ1) is 7.43. The molecule has 0 atom stereocenters. The standard InChI is InChI=1S/C11H15NO4/c1-11(2,10(13)14)7-5-9(16-4)12-6-8(7)15-3/h5-6H,1-4H3,(H,13,14). The van der Waals surface area contributed by atoms with Gasteiger partial charge in [0.1, 0.15) is 5.75 Å². The summed E-state index contributed by atoms with van der Waals surface area (Å²) in [5.74, 6) is -0.127. The molecule has 1 aromatic heterocycles. The Balaban J connectivity index is 3.34. The number of ether oxygens (including phenoxy) is 2. The van der Waals surface area contributed by atoms with Crippen molar-refractivity contribution in [2.45, 2.75) is 19.3 Å². The highest BCUT2D eigenvalue weighted by atomic mass is 16.5. The molecular weight excluding hydrogens is 210 g/mol. The number of pyridine rings is 1. The van der Waals surface area contributed by atoms with Gasteiger partial charge in [-0.2, -0.15) is 0 Å². The zero-order valence-corrected chi connectivity index (χ0v) is 9.77. The first kappa shape index (κ1) is 12.3. The number of hydrogen-bond acceptors (Lipinski definition) is 4. The molecule has 0 fully saturated rings. The molecule has 0 saturated carbocycles. The molecule has 0 aliphatic rings. The molecule has 0 saturated heterocycles. The molecule has 0 aliphatic heterocycles. The van der Waals surface area contributed by atoms with Gasteiger partial charge in [0.25, 0.3) is 0 Å². The third-order valence-electron chi connectivity index (χ3n) is 2.48. The summed E-state index contributed by atoms with van der Waals surface area (Å²) in [6.45, 7) is 3.21. The zero-order chi connectivity index (χ0) is 12.3. The van der Waals surface area contributed by atoms with Crippen molar-refractivity contribution in [3.8, 4) is 11.6 Å². The van der Waals surface area contributed by atoms with Gasteiger partial charge in [0, 0.05) is 11.6 Å². The minimum atomic E-state index is -1.05. The van der Waals surface area contributed by atoms with E-state index < -0.39 is 11.4 Å². The minimum Gasteiger partial charge on any atom is -0.495 e. The first-order valence-corrected chi connectivity index (χ1v) is 4.75.